The molecule has 17 heavy (non-hydrogen) atoms. The van der Waals surface area contributed by atoms with Gasteiger partial charge in [-0.3, -0.25) is 5.43 Å². The normalized spacial score (nSPS) is 15.9. The summed E-state index contributed by atoms with van der Waals surface area (Å²) in [6.07, 6.45) is 3.81. The van der Waals surface area contributed by atoms with Gasteiger partial charge in [0.15, 0.2) is 0 Å². The van der Waals surface area contributed by atoms with Crippen molar-refractivity contribution in [3.8, 4) is 0 Å². The summed E-state index contributed by atoms with van der Waals surface area (Å²) in [6.45, 7) is 0. The number of thiophene rings is 1. The molecule has 1 saturated carbocycles. The molecule has 90 valence electrons. The van der Waals surface area contributed by atoms with E-state index in [2.05, 4.69) is 33.4 Å². The SMILES string of the molecule is CN(c1nc(NN)nc2sccc12)C1CCC1. The fourth-order valence-corrected chi connectivity index (χ4v) is 2.88. The molecule has 3 rings (SSSR count). The molecule has 0 spiro atoms. The Morgan fingerprint density at radius 2 is 2.29 bits per heavy atom. The van der Waals surface area contributed by atoms with Crippen LogP contribution in [0.25, 0.3) is 10.2 Å². The van der Waals surface area contributed by atoms with Crippen molar-refractivity contribution >= 4 is 33.3 Å². The summed E-state index contributed by atoms with van der Waals surface area (Å²) >= 11 is 1.61. The zero-order valence-corrected chi connectivity index (χ0v) is 10.5. The molecule has 0 aromatic carbocycles. The van der Waals surface area contributed by atoms with E-state index < -0.39 is 0 Å². The average molecular weight is 249 g/mol. The second-order valence-electron chi connectivity index (χ2n) is 4.35. The van der Waals surface area contributed by atoms with Crippen molar-refractivity contribution in [1.82, 2.24) is 9.97 Å². The topological polar surface area (TPSA) is 67.1 Å². The third-order valence-corrected chi connectivity index (χ3v) is 4.20. The van der Waals surface area contributed by atoms with Gasteiger partial charge in [-0.05, 0) is 30.7 Å². The van der Waals surface area contributed by atoms with Crippen LogP contribution in [-0.2, 0) is 0 Å². The van der Waals surface area contributed by atoms with Crippen LogP contribution >= 0.6 is 11.3 Å². The molecular formula is C11H15N5S. The van der Waals surface area contributed by atoms with Crippen LogP contribution in [0.2, 0.25) is 0 Å². The maximum absolute atomic E-state index is 5.41. The highest BCUT2D eigenvalue weighted by Gasteiger charge is 2.25. The molecule has 0 amide bonds. The quantitative estimate of drug-likeness (QED) is 0.643. The minimum absolute atomic E-state index is 0.487. The van der Waals surface area contributed by atoms with Crippen molar-refractivity contribution in [1.29, 1.82) is 0 Å². The summed E-state index contributed by atoms with van der Waals surface area (Å²) in [7, 11) is 2.10. The van der Waals surface area contributed by atoms with E-state index in [9.17, 15) is 0 Å². The molecule has 0 unspecified atom stereocenters. The number of rotatable bonds is 3. The zero-order chi connectivity index (χ0) is 11.8. The van der Waals surface area contributed by atoms with Gasteiger partial charge in [-0.15, -0.1) is 11.3 Å². The smallest absolute Gasteiger partial charge is 0.240 e. The van der Waals surface area contributed by atoms with Gasteiger partial charge < -0.3 is 4.90 Å². The Morgan fingerprint density at radius 1 is 1.47 bits per heavy atom. The number of nitrogens with two attached hydrogens (primary N) is 1. The second-order valence-corrected chi connectivity index (χ2v) is 5.24. The lowest BCUT2D eigenvalue weighted by molar-refractivity contribution is 0.400. The van der Waals surface area contributed by atoms with Crippen molar-refractivity contribution in [2.24, 2.45) is 5.84 Å². The Morgan fingerprint density at radius 3 is 2.94 bits per heavy atom. The fourth-order valence-electron chi connectivity index (χ4n) is 2.12. The van der Waals surface area contributed by atoms with Crippen LogP contribution in [0.3, 0.4) is 0 Å². The first-order chi connectivity index (χ1) is 8.29. The Kier molecular flexibility index (Phi) is 2.60. The highest BCUT2D eigenvalue weighted by molar-refractivity contribution is 7.16. The minimum atomic E-state index is 0.487. The third-order valence-electron chi connectivity index (χ3n) is 3.39. The summed E-state index contributed by atoms with van der Waals surface area (Å²) in [6, 6.07) is 2.68. The molecule has 2 heterocycles. The van der Waals surface area contributed by atoms with Crippen molar-refractivity contribution in [2.45, 2.75) is 25.3 Å². The van der Waals surface area contributed by atoms with Crippen molar-refractivity contribution in [3.63, 3.8) is 0 Å². The third kappa shape index (κ3) is 1.73. The van der Waals surface area contributed by atoms with Crippen LogP contribution in [0.5, 0.6) is 0 Å². The number of hydrazine groups is 1. The standard InChI is InChI=1S/C11H15N5S/c1-16(7-3-2-4-7)9-8-5-6-17-10(8)14-11(13-9)15-12/h5-7H,2-4,12H2,1H3,(H,13,14,15). The van der Waals surface area contributed by atoms with Crippen LogP contribution in [-0.4, -0.2) is 23.1 Å². The molecule has 2 aromatic rings. The number of fused-ring (bicyclic) bond motifs is 1. The van der Waals surface area contributed by atoms with E-state index in [1.165, 1.54) is 19.3 Å². The van der Waals surface area contributed by atoms with Gasteiger partial charge in [0, 0.05) is 13.1 Å². The average Bonchev–Trinajstić information content (AvgIpc) is 2.72. The number of nitrogens with zero attached hydrogens (tertiary/aromatic N) is 3. The summed E-state index contributed by atoms with van der Waals surface area (Å²) in [5.74, 6) is 6.88. The minimum Gasteiger partial charge on any atom is -0.356 e. The van der Waals surface area contributed by atoms with Crippen molar-refractivity contribution in [2.75, 3.05) is 17.4 Å². The van der Waals surface area contributed by atoms with Crippen LogP contribution in [0.1, 0.15) is 19.3 Å². The zero-order valence-electron chi connectivity index (χ0n) is 9.68. The van der Waals surface area contributed by atoms with Gasteiger partial charge in [-0.1, -0.05) is 0 Å². The maximum atomic E-state index is 5.41. The van der Waals surface area contributed by atoms with E-state index >= 15 is 0 Å². The second kappa shape index (κ2) is 4.12. The fraction of sp³-hybridized carbons (Fsp3) is 0.455. The summed E-state index contributed by atoms with van der Waals surface area (Å²) < 4.78 is 0. The number of anilines is 2. The maximum Gasteiger partial charge on any atom is 0.240 e. The highest BCUT2D eigenvalue weighted by atomic mass is 32.1. The van der Waals surface area contributed by atoms with Crippen LogP contribution in [0.4, 0.5) is 11.8 Å². The number of nitrogens with one attached hydrogen (secondary N) is 1. The summed E-state index contributed by atoms with van der Waals surface area (Å²) in [5.41, 5.74) is 2.54. The van der Waals surface area contributed by atoms with E-state index in [4.69, 9.17) is 5.84 Å². The first-order valence-corrected chi connectivity index (χ1v) is 6.62. The van der Waals surface area contributed by atoms with Crippen LogP contribution in [0, 0.1) is 0 Å². The van der Waals surface area contributed by atoms with E-state index in [0.717, 1.165) is 16.0 Å². The first-order valence-electron chi connectivity index (χ1n) is 5.74. The Balaban J connectivity index is 2.08. The first kappa shape index (κ1) is 10.7. The lowest BCUT2D eigenvalue weighted by Crippen LogP contribution is -2.37. The molecule has 6 heteroatoms. The Hall–Kier alpha value is -1.40. The van der Waals surface area contributed by atoms with Gasteiger partial charge >= 0.3 is 0 Å². The van der Waals surface area contributed by atoms with Gasteiger partial charge in [0.05, 0.1) is 5.39 Å². The van der Waals surface area contributed by atoms with Crippen LogP contribution < -0.4 is 16.2 Å². The molecule has 0 aliphatic heterocycles. The molecule has 2 aromatic heterocycles. The molecule has 5 nitrogen and oxygen atoms in total. The number of hydrogen-bond acceptors (Lipinski definition) is 6. The van der Waals surface area contributed by atoms with Gasteiger partial charge in [0.2, 0.25) is 5.95 Å². The molecule has 0 saturated heterocycles. The largest absolute Gasteiger partial charge is 0.356 e. The molecule has 3 N–H and O–H groups in total. The van der Waals surface area contributed by atoms with Gasteiger partial charge in [-0.2, -0.15) is 4.98 Å². The molecule has 1 aliphatic rings. The Bertz CT molecular complexity index is 534. The Labute approximate surface area is 104 Å². The molecular weight excluding hydrogens is 234 g/mol. The predicted octanol–water partition coefficient (Wildman–Crippen LogP) is 1.97. The molecule has 0 bridgehead atoms. The number of aromatic nitrogens is 2. The summed E-state index contributed by atoms with van der Waals surface area (Å²) in [5, 5.41) is 3.15. The molecule has 1 fully saturated rings. The number of nitrogen functional groups attached to an aromatic ring is 1. The van der Waals surface area contributed by atoms with E-state index in [1.807, 2.05) is 5.38 Å². The van der Waals surface area contributed by atoms with Gasteiger partial charge in [0.25, 0.3) is 0 Å². The van der Waals surface area contributed by atoms with E-state index in [0.29, 0.717) is 12.0 Å². The van der Waals surface area contributed by atoms with Crippen molar-refractivity contribution in [3.05, 3.63) is 11.4 Å². The van der Waals surface area contributed by atoms with E-state index in [1.54, 1.807) is 11.3 Å². The molecule has 1 aliphatic carbocycles. The van der Waals surface area contributed by atoms with Gasteiger partial charge in [0.1, 0.15) is 10.6 Å². The molecule has 0 atom stereocenters. The number of hydrogen-bond donors (Lipinski definition) is 2. The van der Waals surface area contributed by atoms with Crippen LogP contribution in [0.15, 0.2) is 11.4 Å². The monoisotopic (exact) mass is 249 g/mol. The van der Waals surface area contributed by atoms with Crippen molar-refractivity contribution < 1.29 is 0 Å². The van der Waals surface area contributed by atoms with Gasteiger partial charge in [-0.25, -0.2) is 10.8 Å². The highest BCUT2D eigenvalue weighted by Crippen LogP contribution is 2.33. The lowest BCUT2D eigenvalue weighted by Gasteiger charge is -2.35. The summed E-state index contributed by atoms with van der Waals surface area (Å²) in [4.78, 5) is 12.1. The molecule has 0 radical (unpaired) electrons. The van der Waals surface area contributed by atoms with E-state index in [-0.39, 0.29) is 0 Å². The lowest BCUT2D eigenvalue weighted by atomic mass is 9.92. The predicted molar refractivity (Wildman–Crippen MR) is 71.3 cm³/mol.